The fourth-order valence-corrected chi connectivity index (χ4v) is 3.51. The van der Waals surface area contributed by atoms with E-state index in [1.54, 1.807) is 7.05 Å². The lowest BCUT2D eigenvalue weighted by Crippen LogP contribution is -2.47. The van der Waals surface area contributed by atoms with Crippen molar-refractivity contribution in [3.63, 3.8) is 0 Å². The van der Waals surface area contributed by atoms with Crippen LogP contribution in [0.2, 0.25) is 0 Å². The van der Waals surface area contributed by atoms with Gasteiger partial charge in [0.2, 0.25) is 10.0 Å². The van der Waals surface area contributed by atoms with Gasteiger partial charge in [0, 0.05) is 25.8 Å². The molecule has 1 fully saturated rings. The van der Waals surface area contributed by atoms with Crippen LogP contribution in [0, 0.1) is 0 Å². The molecule has 1 saturated heterocycles. The molecular formula is C11H20N4O2S. The summed E-state index contributed by atoms with van der Waals surface area (Å²) in [6, 6.07) is 0.00362. The van der Waals surface area contributed by atoms with Crippen molar-refractivity contribution in [2.45, 2.75) is 30.7 Å². The number of aromatic nitrogens is 2. The highest BCUT2D eigenvalue weighted by molar-refractivity contribution is 7.89. The van der Waals surface area contributed by atoms with E-state index >= 15 is 0 Å². The summed E-state index contributed by atoms with van der Waals surface area (Å²) in [5, 5.41) is 3.89. The molecule has 6 nitrogen and oxygen atoms in total. The molecule has 2 heterocycles. The number of piperidine rings is 1. The summed E-state index contributed by atoms with van der Waals surface area (Å²) in [5.41, 5.74) is 0. The normalized spacial score (nSPS) is 22.2. The molecule has 1 aromatic rings. The SMILES string of the molecule is CCN1CCCC(NS(=O)(=O)c2cnn(C)c2)C1. The lowest BCUT2D eigenvalue weighted by Gasteiger charge is -2.31. The average Bonchev–Trinajstić information content (AvgIpc) is 2.76. The first-order valence-corrected chi connectivity index (χ1v) is 7.73. The van der Waals surface area contributed by atoms with E-state index in [0.29, 0.717) is 0 Å². The summed E-state index contributed by atoms with van der Waals surface area (Å²) in [6.07, 6.45) is 4.83. The number of hydrogen-bond donors (Lipinski definition) is 1. The Morgan fingerprint density at radius 2 is 2.33 bits per heavy atom. The number of hydrogen-bond acceptors (Lipinski definition) is 4. The first-order valence-electron chi connectivity index (χ1n) is 6.24. The Hall–Kier alpha value is -0.920. The van der Waals surface area contributed by atoms with Gasteiger partial charge in [-0.2, -0.15) is 5.10 Å². The van der Waals surface area contributed by atoms with E-state index in [2.05, 4.69) is 21.6 Å². The van der Waals surface area contributed by atoms with E-state index in [1.165, 1.54) is 17.1 Å². The van der Waals surface area contributed by atoms with Crippen molar-refractivity contribution in [2.24, 2.45) is 7.05 Å². The van der Waals surface area contributed by atoms with Crippen LogP contribution in [0.5, 0.6) is 0 Å². The second kappa shape index (κ2) is 5.38. The molecule has 7 heteroatoms. The maximum absolute atomic E-state index is 12.1. The van der Waals surface area contributed by atoms with Crippen molar-refractivity contribution >= 4 is 10.0 Å². The van der Waals surface area contributed by atoms with Crippen molar-refractivity contribution < 1.29 is 8.42 Å². The third kappa shape index (κ3) is 3.09. The van der Waals surface area contributed by atoms with Gasteiger partial charge in [-0.25, -0.2) is 13.1 Å². The van der Waals surface area contributed by atoms with Crippen LogP contribution in [0.3, 0.4) is 0 Å². The molecule has 1 N–H and O–H groups in total. The average molecular weight is 272 g/mol. The van der Waals surface area contributed by atoms with E-state index in [4.69, 9.17) is 0 Å². The van der Waals surface area contributed by atoms with Gasteiger partial charge in [-0.3, -0.25) is 4.68 Å². The van der Waals surface area contributed by atoms with Gasteiger partial charge in [0.25, 0.3) is 0 Å². The van der Waals surface area contributed by atoms with Gasteiger partial charge in [0.1, 0.15) is 4.90 Å². The van der Waals surface area contributed by atoms with Crippen molar-refractivity contribution in [2.75, 3.05) is 19.6 Å². The third-order valence-corrected chi connectivity index (χ3v) is 4.74. The van der Waals surface area contributed by atoms with Crippen LogP contribution in [0.1, 0.15) is 19.8 Å². The molecule has 0 bridgehead atoms. The summed E-state index contributed by atoms with van der Waals surface area (Å²) >= 11 is 0. The zero-order chi connectivity index (χ0) is 13.2. The summed E-state index contributed by atoms with van der Waals surface area (Å²) in [7, 11) is -1.72. The van der Waals surface area contributed by atoms with Crippen molar-refractivity contribution in [1.29, 1.82) is 0 Å². The third-order valence-electron chi connectivity index (χ3n) is 3.27. The second-order valence-corrected chi connectivity index (χ2v) is 6.42. The Morgan fingerprint density at radius 1 is 1.56 bits per heavy atom. The highest BCUT2D eigenvalue weighted by atomic mass is 32.2. The first-order chi connectivity index (χ1) is 8.51. The van der Waals surface area contributed by atoms with Gasteiger partial charge in [-0.1, -0.05) is 6.92 Å². The predicted octanol–water partition coefficient (Wildman–Crippen LogP) is 0.183. The minimum Gasteiger partial charge on any atom is -0.302 e. The highest BCUT2D eigenvalue weighted by Crippen LogP contribution is 2.13. The standard InChI is InChI=1S/C11H20N4O2S/c1-3-15-6-4-5-10(8-15)13-18(16,17)11-7-12-14(2)9-11/h7,9-10,13H,3-6,8H2,1-2H3. The summed E-state index contributed by atoms with van der Waals surface area (Å²) < 4.78 is 28.5. The Bertz CT molecular complexity index is 497. The van der Waals surface area contributed by atoms with Crippen LogP contribution in [0.25, 0.3) is 0 Å². The zero-order valence-electron chi connectivity index (χ0n) is 10.8. The van der Waals surface area contributed by atoms with E-state index in [0.717, 1.165) is 32.5 Å². The van der Waals surface area contributed by atoms with Crippen LogP contribution in [-0.4, -0.2) is 48.8 Å². The molecule has 0 radical (unpaired) electrons. The Labute approximate surface area is 108 Å². The molecule has 1 aliphatic heterocycles. The van der Waals surface area contributed by atoms with E-state index in [9.17, 15) is 8.42 Å². The molecule has 0 spiro atoms. The minimum atomic E-state index is -3.43. The molecular weight excluding hydrogens is 252 g/mol. The van der Waals surface area contributed by atoms with Gasteiger partial charge in [0.15, 0.2) is 0 Å². The predicted molar refractivity (Wildman–Crippen MR) is 68.7 cm³/mol. The quantitative estimate of drug-likeness (QED) is 0.849. The molecule has 1 aliphatic rings. The van der Waals surface area contributed by atoms with Gasteiger partial charge >= 0.3 is 0 Å². The number of rotatable bonds is 4. The number of sulfonamides is 1. The highest BCUT2D eigenvalue weighted by Gasteiger charge is 2.25. The molecule has 102 valence electrons. The van der Waals surface area contributed by atoms with Gasteiger partial charge in [-0.15, -0.1) is 0 Å². The second-order valence-electron chi connectivity index (χ2n) is 4.70. The molecule has 0 aromatic carbocycles. The van der Waals surface area contributed by atoms with Crippen LogP contribution in [-0.2, 0) is 17.1 Å². The molecule has 0 saturated carbocycles. The monoisotopic (exact) mass is 272 g/mol. The summed E-state index contributed by atoms with van der Waals surface area (Å²) in [4.78, 5) is 2.50. The molecule has 1 unspecified atom stereocenters. The number of nitrogens with zero attached hydrogens (tertiary/aromatic N) is 3. The van der Waals surface area contributed by atoms with Gasteiger partial charge in [-0.05, 0) is 25.9 Å². The first kappa shape index (κ1) is 13.5. The molecule has 1 atom stereocenters. The molecule has 1 aromatic heterocycles. The fraction of sp³-hybridized carbons (Fsp3) is 0.727. The van der Waals surface area contributed by atoms with Gasteiger partial charge < -0.3 is 4.90 Å². The maximum Gasteiger partial charge on any atom is 0.243 e. The van der Waals surface area contributed by atoms with Gasteiger partial charge in [0.05, 0.1) is 6.20 Å². The van der Waals surface area contributed by atoms with Crippen molar-refractivity contribution in [3.05, 3.63) is 12.4 Å². The largest absolute Gasteiger partial charge is 0.302 e. The molecule has 0 amide bonds. The summed E-state index contributed by atoms with van der Waals surface area (Å²) in [6.45, 7) is 4.90. The van der Waals surface area contributed by atoms with E-state index < -0.39 is 10.0 Å². The Kier molecular flexibility index (Phi) is 4.04. The molecule has 2 rings (SSSR count). The molecule has 0 aliphatic carbocycles. The lowest BCUT2D eigenvalue weighted by atomic mass is 10.1. The number of aryl methyl sites for hydroxylation is 1. The Balaban J connectivity index is 2.04. The van der Waals surface area contributed by atoms with Crippen LogP contribution < -0.4 is 4.72 Å². The lowest BCUT2D eigenvalue weighted by molar-refractivity contribution is 0.211. The number of likely N-dealkylation sites (tertiary alicyclic amines) is 1. The number of likely N-dealkylation sites (N-methyl/N-ethyl adjacent to an activating group) is 1. The van der Waals surface area contributed by atoms with Crippen molar-refractivity contribution in [3.8, 4) is 0 Å². The van der Waals surface area contributed by atoms with Crippen LogP contribution >= 0.6 is 0 Å². The molecule has 18 heavy (non-hydrogen) atoms. The Morgan fingerprint density at radius 3 is 2.94 bits per heavy atom. The van der Waals surface area contributed by atoms with Crippen molar-refractivity contribution in [1.82, 2.24) is 19.4 Å². The van der Waals surface area contributed by atoms with Crippen LogP contribution in [0.4, 0.5) is 0 Å². The van der Waals surface area contributed by atoms with E-state index in [-0.39, 0.29) is 10.9 Å². The number of nitrogens with one attached hydrogen (secondary N) is 1. The fourth-order valence-electron chi connectivity index (χ4n) is 2.26. The topological polar surface area (TPSA) is 67.2 Å². The maximum atomic E-state index is 12.1. The van der Waals surface area contributed by atoms with E-state index in [1.807, 2.05) is 0 Å². The minimum absolute atomic E-state index is 0.00362. The van der Waals surface area contributed by atoms with Crippen LogP contribution in [0.15, 0.2) is 17.3 Å². The smallest absolute Gasteiger partial charge is 0.243 e. The zero-order valence-corrected chi connectivity index (χ0v) is 11.7. The summed E-state index contributed by atoms with van der Waals surface area (Å²) in [5.74, 6) is 0.